The molecule has 0 saturated carbocycles. The van der Waals surface area contributed by atoms with Crippen LogP contribution in [0.15, 0.2) is 40.0 Å². The van der Waals surface area contributed by atoms with E-state index in [1.54, 1.807) is 0 Å². The number of sulfonamides is 1. The molecule has 138 valence electrons. The van der Waals surface area contributed by atoms with Gasteiger partial charge in [0.05, 0.1) is 5.02 Å². The minimum atomic E-state index is -3.82. The van der Waals surface area contributed by atoms with Crippen molar-refractivity contribution in [2.75, 3.05) is 26.2 Å². The predicted octanol–water partition coefficient (Wildman–Crippen LogP) is 1.22. The van der Waals surface area contributed by atoms with Crippen LogP contribution >= 0.6 is 23.2 Å². The number of aromatic nitrogens is 2. The highest BCUT2D eigenvalue weighted by Crippen LogP contribution is 2.28. The van der Waals surface area contributed by atoms with E-state index in [2.05, 4.69) is 10.2 Å². The summed E-state index contributed by atoms with van der Waals surface area (Å²) in [7, 11) is -3.82. The van der Waals surface area contributed by atoms with Gasteiger partial charge >= 0.3 is 0 Å². The van der Waals surface area contributed by atoms with Gasteiger partial charge in [-0.1, -0.05) is 23.2 Å². The molecule has 1 N–H and O–H groups in total. The van der Waals surface area contributed by atoms with Gasteiger partial charge in [-0.2, -0.15) is 9.40 Å². The molecule has 2 aromatic rings. The van der Waals surface area contributed by atoms with Crippen LogP contribution in [-0.2, 0) is 10.0 Å². The van der Waals surface area contributed by atoms with Crippen molar-refractivity contribution in [3.8, 4) is 0 Å². The van der Waals surface area contributed by atoms with Gasteiger partial charge in [-0.25, -0.2) is 13.5 Å². The Hall–Kier alpha value is -1.94. The minimum absolute atomic E-state index is 0.0613. The fourth-order valence-electron chi connectivity index (χ4n) is 2.57. The van der Waals surface area contributed by atoms with Crippen molar-refractivity contribution in [2.45, 2.75) is 4.90 Å². The number of carbonyl (C=O) groups is 1. The van der Waals surface area contributed by atoms with Crippen LogP contribution in [0.25, 0.3) is 0 Å². The third-order valence-corrected chi connectivity index (χ3v) is 6.55. The smallest absolute Gasteiger partial charge is 0.274 e. The first-order valence-electron chi connectivity index (χ1n) is 7.59. The summed E-state index contributed by atoms with van der Waals surface area (Å²) in [5, 5.41) is 6.25. The molecule has 3 rings (SSSR count). The molecule has 11 heteroatoms. The predicted molar refractivity (Wildman–Crippen MR) is 96.0 cm³/mol. The summed E-state index contributed by atoms with van der Waals surface area (Å²) >= 11 is 11.9. The Kier molecular flexibility index (Phi) is 5.33. The molecule has 1 fully saturated rings. The molecular formula is C15H14Cl2N4O4S. The van der Waals surface area contributed by atoms with E-state index in [0.29, 0.717) is 0 Å². The van der Waals surface area contributed by atoms with Crippen LogP contribution in [0.1, 0.15) is 10.5 Å². The van der Waals surface area contributed by atoms with E-state index in [1.807, 2.05) is 0 Å². The lowest BCUT2D eigenvalue weighted by molar-refractivity contribution is 0.0690. The number of nitrogens with zero attached hydrogens (tertiary/aromatic N) is 3. The number of amides is 1. The first kappa shape index (κ1) is 18.8. The molecule has 0 atom stereocenters. The van der Waals surface area contributed by atoms with Crippen LogP contribution < -0.4 is 5.56 Å². The van der Waals surface area contributed by atoms with E-state index in [9.17, 15) is 18.0 Å². The lowest BCUT2D eigenvalue weighted by Gasteiger charge is -2.33. The Labute approximate surface area is 159 Å². The fraction of sp³-hybridized carbons (Fsp3) is 0.267. The van der Waals surface area contributed by atoms with Gasteiger partial charge in [0.15, 0.2) is 0 Å². The molecule has 0 aliphatic carbocycles. The van der Waals surface area contributed by atoms with Gasteiger partial charge in [0.2, 0.25) is 10.0 Å². The van der Waals surface area contributed by atoms with E-state index in [1.165, 1.54) is 39.5 Å². The zero-order valence-electron chi connectivity index (χ0n) is 13.4. The van der Waals surface area contributed by atoms with Crippen molar-refractivity contribution >= 4 is 39.1 Å². The first-order valence-corrected chi connectivity index (χ1v) is 9.79. The van der Waals surface area contributed by atoms with Crippen molar-refractivity contribution in [1.82, 2.24) is 19.4 Å². The molecule has 0 bridgehead atoms. The number of aromatic amines is 1. The topological polar surface area (TPSA) is 103 Å². The second-order valence-electron chi connectivity index (χ2n) is 5.58. The van der Waals surface area contributed by atoms with Crippen molar-refractivity contribution in [3.05, 3.63) is 56.4 Å². The van der Waals surface area contributed by atoms with Crippen LogP contribution in [0, 0.1) is 0 Å². The zero-order valence-corrected chi connectivity index (χ0v) is 15.7. The quantitative estimate of drug-likeness (QED) is 0.809. The summed E-state index contributed by atoms with van der Waals surface area (Å²) in [6, 6.07) is 6.79. The van der Waals surface area contributed by atoms with Crippen LogP contribution in [-0.4, -0.2) is 59.9 Å². The van der Waals surface area contributed by atoms with Crippen LogP contribution in [0.3, 0.4) is 0 Å². The molecule has 8 nitrogen and oxygen atoms in total. The summed E-state index contributed by atoms with van der Waals surface area (Å²) in [4.78, 5) is 24.8. The van der Waals surface area contributed by atoms with Crippen molar-refractivity contribution < 1.29 is 13.2 Å². The fourth-order valence-corrected chi connectivity index (χ4v) is 4.73. The Morgan fingerprint density at radius 2 is 1.77 bits per heavy atom. The molecule has 2 heterocycles. The highest BCUT2D eigenvalue weighted by molar-refractivity contribution is 7.89. The highest BCUT2D eigenvalue weighted by Gasteiger charge is 2.32. The van der Waals surface area contributed by atoms with E-state index < -0.39 is 15.6 Å². The van der Waals surface area contributed by atoms with Crippen molar-refractivity contribution in [1.29, 1.82) is 0 Å². The van der Waals surface area contributed by atoms with E-state index in [0.717, 1.165) is 0 Å². The maximum atomic E-state index is 12.8. The van der Waals surface area contributed by atoms with Gasteiger partial charge in [0.1, 0.15) is 10.6 Å². The summed E-state index contributed by atoms with van der Waals surface area (Å²) in [6.45, 7) is 0.606. The molecule has 1 aliphatic rings. The lowest BCUT2D eigenvalue weighted by atomic mass is 10.3. The van der Waals surface area contributed by atoms with E-state index >= 15 is 0 Å². The lowest BCUT2D eigenvalue weighted by Crippen LogP contribution is -2.50. The molecule has 1 aromatic carbocycles. The SMILES string of the molecule is O=C(c1ccc(=O)[nH]n1)N1CCN(S(=O)(=O)c2cc(Cl)ccc2Cl)CC1. The van der Waals surface area contributed by atoms with E-state index in [4.69, 9.17) is 23.2 Å². The first-order chi connectivity index (χ1) is 12.3. The maximum Gasteiger partial charge on any atom is 0.274 e. The molecule has 1 aliphatic heterocycles. The Balaban J connectivity index is 1.73. The number of hydrogen-bond acceptors (Lipinski definition) is 5. The number of halogens is 2. The van der Waals surface area contributed by atoms with Gasteiger partial charge in [-0.3, -0.25) is 9.59 Å². The monoisotopic (exact) mass is 416 g/mol. The Bertz CT molecular complexity index is 980. The number of benzene rings is 1. The molecular weight excluding hydrogens is 403 g/mol. The maximum absolute atomic E-state index is 12.8. The zero-order chi connectivity index (χ0) is 18.9. The highest BCUT2D eigenvalue weighted by atomic mass is 35.5. The van der Waals surface area contributed by atoms with Crippen LogP contribution in [0.2, 0.25) is 10.0 Å². The largest absolute Gasteiger partial charge is 0.335 e. The van der Waals surface area contributed by atoms with E-state index in [-0.39, 0.29) is 52.7 Å². The molecule has 1 amide bonds. The molecule has 1 saturated heterocycles. The number of hydrogen-bond donors (Lipinski definition) is 1. The van der Waals surface area contributed by atoms with Gasteiger partial charge in [-0.05, 0) is 24.3 Å². The van der Waals surface area contributed by atoms with Crippen molar-refractivity contribution in [2.24, 2.45) is 0 Å². The second kappa shape index (κ2) is 7.36. The number of rotatable bonds is 3. The van der Waals surface area contributed by atoms with Gasteiger partial charge in [-0.15, -0.1) is 0 Å². The number of carbonyl (C=O) groups excluding carboxylic acids is 1. The third kappa shape index (κ3) is 3.75. The van der Waals surface area contributed by atoms with Crippen LogP contribution in [0.5, 0.6) is 0 Å². The second-order valence-corrected chi connectivity index (χ2v) is 8.33. The standard InChI is InChI=1S/C15H14Cl2N4O4S/c16-10-1-2-11(17)13(9-10)26(24,25)21-7-5-20(6-8-21)15(23)12-3-4-14(22)19-18-12/h1-4,9H,5-8H2,(H,19,22). The Morgan fingerprint density at radius 3 is 2.38 bits per heavy atom. The van der Waals surface area contributed by atoms with Crippen molar-refractivity contribution in [3.63, 3.8) is 0 Å². The van der Waals surface area contributed by atoms with Gasteiger partial charge < -0.3 is 4.90 Å². The normalized spacial score (nSPS) is 15.8. The number of piperazine rings is 1. The molecule has 1 aromatic heterocycles. The van der Waals surface area contributed by atoms with Gasteiger partial charge in [0.25, 0.3) is 11.5 Å². The number of nitrogens with one attached hydrogen (secondary N) is 1. The average Bonchev–Trinajstić information content (AvgIpc) is 2.64. The molecule has 26 heavy (non-hydrogen) atoms. The Morgan fingerprint density at radius 1 is 1.08 bits per heavy atom. The summed E-state index contributed by atoms with van der Waals surface area (Å²) in [5.41, 5.74) is -0.311. The molecule has 0 unspecified atom stereocenters. The average molecular weight is 417 g/mol. The summed E-state index contributed by atoms with van der Waals surface area (Å²) < 4.78 is 26.8. The molecule has 0 spiro atoms. The van der Waals surface area contributed by atoms with Crippen LogP contribution in [0.4, 0.5) is 0 Å². The summed E-state index contributed by atoms with van der Waals surface area (Å²) in [5.74, 6) is -0.376. The summed E-state index contributed by atoms with van der Waals surface area (Å²) in [6.07, 6.45) is 0. The number of H-pyrrole nitrogens is 1. The third-order valence-electron chi connectivity index (χ3n) is 3.94. The van der Waals surface area contributed by atoms with Gasteiger partial charge in [0, 0.05) is 37.3 Å². The minimum Gasteiger partial charge on any atom is -0.335 e. The molecule has 0 radical (unpaired) electrons.